The van der Waals surface area contributed by atoms with Gasteiger partial charge in [-0.1, -0.05) is 78.6 Å². The number of para-hydroxylation sites is 1. The molecule has 184 valence electrons. The molecule has 0 unspecified atom stereocenters. The van der Waals surface area contributed by atoms with E-state index in [0.717, 1.165) is 16.8 Å². The van der Waals surface area contributed by atoms with Gasteiger partial charge in [0.25, 0.3) is 5.91 Å². The van der Waals surface area contributed by atoms with Gasteiger partial charge in [-0.15, -0.1) is 6.58 Å². The van der Waals surface area contributed by atoms with Crippen molar-refractivity contribution in [2.24, 2.45) is 0 Å². The number of rotatable bonds is 8. The Kier molecular flexibility index (Phi) is 7.30. The zero-order chi connectivity index (χ0) is 25.8. The Morgan fingerprint density at radius 1 is 1.05 bits per heavy atom. The van der Waals surface area contributed by atoms with Gasteiger partial charge < -0.3 is 4.74 Å². The molecule has 5 nitrogen and oxygen atoms in total. The van der Waals surface area contributed by atoms with E-state index in [4.69, 9.17) is 22.1 Å². The Labute approximate surface area is 223 Å². The van der Waals surface area contributed by atoms with Crippen molar-refractivity contribution >= 4 is 40.3 Å². The van der Waals surface area contributed by atoms with E-state index in [-0.39, 0.29) is 18.3 Å². The molecule has 0 atom stereocenters. The third-order valence-corrected chi connectivity index (χ3v) is 7.07. The van der Waals surface area contributed by atoms with Crippen molar-refractivity contribution in [3.05, 3.63) is 120 Å². The fourth-order valence-electron chi connectivity index (χ4n) is 3.87. The summed E-state index contributed by atoms with van der Waals surface area (Å²) in [6.07, 6.45) is 5.36. The Balaban J connectivity index is 1.51. The monoisotopic (exact) mass is 527 g/mol. The molecule has 1 fully saturated rings. The largest absolute Gasteiger partial charge is 0.489 e. The minimum atomic E-state index is -0.309. The molecule has 8 heteroatoms. The quantitative estimate of drug-likeness (QED) is 0.146. The number of amides is 1. The average Bonchev–Trinajstić information content (AvgIpc) is 3.46. The first-order valence-corrected chi connectivity index (χ1v) is 12.7. The number of aromatic nitrogens is 2. The van der Waals surface area contributed by atoms with Crippen LogP contribution in [0.2, 0.25) is 0 Å². The summed E-state index contributed by atoms with van der Waals surface area (Å²) in [4.78, 5) is 15.0. The molecule has 0 bridgehead atoms. The normalized spacial score (nSPS) is 14.4. The van der Waals surface area contributed by atoms with Crippen LogP contribution >= 0.6 is 24.0 Å². The van der Waals surface area contributed by atoms with Crippen LogP contribution in [0.4, 0.5) is 4.39 Å². The number of nitrogens with zero attached hydrogens (tertiary/aromatic N) is 3. The Morgan fingerprint density at radius 2 is 1.84 bits per heavy atom. The molecule has 1 aromatic heterocycles. The van der Waals surface area contributed by atoms with Gasteiger partial charge in [-0.2, -0.15) is 5.10 Å². The number of ether oxygens (including phenoxy) is 1. The standard InChI is InChI=1S/C29H22FN3O2S2/c1-2-15-32-28(34)26(37-29(32)36)17-22-18-33(23-11-4-3-5-12-23)31-27(22)20-10-8-13-24(16-20)35-19-21-9-6-7-14-25(21)30/h2-14,16-18H,1,15,19H2/b26-17-. The van der Waals surface area contributed by atoms with Crippen LogP contribution in [0.15, 0.2) is 103 Å². The molecule has 1 amide bonds. The van der Waals surface area contributed by atoms with Gasteiger partial charge in [0.1, 0.15) is 28.2 Å². The Bertz CT molecular complexity index is 1510. The van der Waals surface area contributed by atoms with Gasteiger partial charge in [0, 0.05) is 29.4 Å². The predicted octanol–water partition coefficient (Wildman–Crippen LogP) is 6.64. The summed E-state index contributed by atoms with van der Waals surface area (Å²) in [7, 11) is 0. The second-order valence-electron chi connectivity index (χ2n) is 8.20. The first-order valence-electron chi connectivity index (χ1n) is 11.5. The summed E-state index contributed by atoms with van der Waals surface area (Å²) in [6.45, 7) is 4.18. The van der Waals surface area contributed by atoms with Gasteiger partial charge in [0.05, 0.1) is 10.6 Å². The number of benzene rings is 3. The topological polar surface area (TPSA) is 47.4 Å². The predicted molar refractivity (Wildman–Crippen MR) is 150 cm³/mol. The molecule has 0 radical (unpaired) electrons. The van der Waals surface area contributed by atoms with Gasteiger partial charge in [-0.3, -0.25) is 9.69 Å². The first kappa shape index (κ1) is 24.7. The Morgan fingerprint density at radius 3 is 2.62 bits per heavy atom. The van der Waals surface area contributed by atoms with E-state index >= 15 is 0 Å². The van der Waals surface area contributed by atoms with Crippen molar-refractivity contribution < 1.29 is 13.9 Å². The SMILES string of the molecule is C=CCN1C(=O)/C(=C/c2cn(-c3ccccc3)nc2-c2cccc(OCc3ccccc3F)c2)SC1=S. The van der Waals surface area contributed by atoms with E-state index < -0.39 is 0 Å². The fourth-order valence-corrected chi connectivity index (χ4v) is 5.13. The third-order valence-electron chi connectivity index (χ3n) is 5.69. The molecule has 0 saturated carbocycles. The smallest absolute Gasteiger partial charge is 0.266 e. The number of halogens is 1. The lowest BCUT2D eigenvalue weighted by molar-refractivity contribution is -0.121. The number of thiocarbonyl (C=S) groups is 1. The van der Waals surface area contributed by atoms with E-state index in [2.05, 4.69) is 6.58 Å². The van der Waals surface area contributed by atoms with Gasteiger partial charge in [-0.05, 0) is 36.4 Å². The average molecular weight is 528 g/mol. The van der Waals surface area contributed by atoms with Crippen LogP contribution in [-0.2, 0) is 11.4 Å². The van der Waals surface area contributed by atoms with Crippen LogP contribution < -0.4 is 4.74 Å². The van der Waals surface area contributed by atoms with Crippen LogP contribution in [0.25, 0.3) is 23.0 Å². The second kappa shape index (κ2) is 10.9. The molecule has 1 aliphatic rings. The molecule has 3 aromatic carbocycles. The van der Waals surface area contributed by atoms with Crippen molar-refractivity contribution in [2.45, 2.75) is 6.61 Å². The number of carbonyl (C=O) groups is 1. The third kappa shape index (κ3) is 5.40. The molecule has 4 aromatic rings. The molecular formula is C29H22FN3O2S2. The van der Waals surface area contributed by atoms with E-state index in [1.54, 1.807) is 29.0 Å². The van der Waals surface area contributed by atoms with E-state index in [1.165, 1.54) is 22.7 Å². The summed E-state index contributed by atoms with van der Waals surface area (Å²) < 4.78 is 22.2. The highest BCUT2D eigenvalue weighted by Gasteiger charge is 2.31. The summed E-state index contributed by atoms with van der Waals surface area (Å²) in [6, 6.07) is 23.7. The van der Waals surface area contributed by atoms with Crippen molar-refractivity contribution in [2.75, 3.05) is 6.54 Å². The maximum atomic E-state index is 14.0. The molecule has 2 heterocycles. The summed E-state index contributed by atoms with van der Waals surface area (Å²) in [5.74, 6) is 0.116. The van der Waals surface area contributed by atoms with E-state index in [1.807, 2.05) is 66.9 Å². The van der Waals surface area contributed by atoms with E-state index in [0.29, 0.717) is 32.8 Å². The minimum Gasteiger partial charge on any atom is -0.489 e. The molecule has 0 aliphatic carbocycles. The number of hydrogen-bond donors (Lipinski definition) is 0. The zero-order valence-electron chi connectivity index (χ0n) is 19.7. The second-order valence-corrected chi connectivity index (χ2v) is 9.88. The molecule has 37 heavy (non-hydrogen) atoms. The summed E-state index contributed by atoms with van der Waals surface area (Å²) >= 11 is 6.66. The van der Waals surface area contributed by atoms with Gasteiger partial charge in [0.15, 0.2) is 0 Å². The lowest BCUT2D eigenvalue weighted by Crippen LogP contribution is -2.27. The van der Waals surface area contributed by atoms with Crippen LogP contribution in [0, 0.1) is 5.82 Å². The van der Waals surface area contributed by atoms with Crippen LogP contribution in [-0.4, -0.2) is 31.5 Å². The number of hydrogen-bond acceptors (Lipinski definition) is 5. The molecule has 5 rings (SSSR count). The van der Waals surface area contributed by atoms with Gasteiger partial charge >= 0.3 is 0 Å². The lowest BCUT2D eigenvalue weighted by atomic mass is 10.1. The maximum absolute atomic E-state index is 14.0. The lowest BCUT2D eigenvalue weighted by Gasteiger charge is -2.10. The van der Waals surface area contributed by atoms with Crippen LogP contribution in [0.5, 0.6) is 5.75 Å². The molecule has 0 N–H and O–H groups in total. The highest BCUT2D eigenvalue weighted by molar-refractivity contribution is 8.26. The molecule has 1 saturated heterocycles. The fraction of sp³-hybridized carbons (Fsp3) is 0.0690. The van der Waals surface area contributed by atoms with Gasteiger partial charge in [-0.25, -0.2) is 9.07 Å². The highest BCUT2D eigenvalue weighted by atomic mass is 32.2. The Hall–Kier alpha value is -4.01. The molecule has 1 aliphatic heterocycles. The number of thioether (sulfide) groups is 1. The summed E-state index contributed by atoms with van der Waals surface area (Å²) in [5.41, 5.74) is 3.59. The maximum Gasteiger partial charge on any atom is 0.266 e. The zero-order valence-corrected chi connectivity index (χ0v) is 21.3. The first-order chi connectivity index (χ1) is 18.0. The minimum absolute atomic E-state index is 0.104. The highest BCUT2D eigenvalue weighted by Crippen LogP contribution is 2.35. The molecule has 0 spiro atoms. The number of carbonyl (C=O) groups excluding carboxylic acids is 1. The van der Waals surface area contributed by atoms with Crippen molar-refractivity contribution in [1.29, 1.82) is 0 Å². The molecular weight excluding hydrogens is 505 g/mol. The van der Waals surface area contributed by atoms with Crippen LogP contribution in [0.1, 0.15) is 11.1 Å². The van der Waals surface area contributed by atoms with Crippen molar-refractivity contribution in [3.63, 3.8) is 0 Å². The summed E-state index contributed by atoms with van der Waals surface area (Å²) in [5, 5.41) is 4.84. The van der Waals surface area contributed by atoms with Crippen molar-refractivity contribution in [3.8, 4) is 22.7 Å². The van der Waals surface area contributed by atoms with Gasteiger partial charge in [0.2, 0.25) is 0 Å². The van der Waals surface area contributed by atoms with Crippen molar-refractivity contribution in [1.82, 2.24) is 14.7 Å². The van der Waals surface area contributed by atoms with Crippen LogP contribution in [0.3, 0.4) is 0 Å². The van der Waals surface area contributed by atoms with E-state index in [9.17, 15) is 9.18 Å².